The maximum Gasteiger partial charge on any atom is 0.340 e. The van der Waals surface area contributed by atoms with Crippen LogP contribution in [0.1, 0.15) is 47.4 Å². The van der Waals surface area contributed by atoms with Crippen LogP contribution in [0.25, 0.3) is 0 Å². The molecule has 1 aromatic carbocycles. The lowest BCUT2D eigenvalue weighted by Gasteiger charge is -2.32. The van der Waals surface area contributed by atoms with Crippen molar-refractivity contribution in [1.29, 1.82) is 0 Å². The van der Waals surface area contributed by atoms with E-state index in [4.69, 9.17) is 4.74 Å². The van der Waals surface area contributed by atoms with E-state index in [2.05, 4.69) is 22.1 Å². The third kappa shape index (κ3) is 4.64. The van der Waals surface area contributed by atoms with E-state index in [1.54, 1.807) is 43.6 Å². The van der Waals surface area contributed by atoms with Gasteiger partial charge < -0.3 is 15.0 Å². The average molecular weight is 367 g/mol. The van der Waals surface area contributed by atoms with E-state index in [0.717, 1.165) is 25.2 Å². The number of nitrogens with one attached hydrogen (secondary N) is 1. The van der Waals surface area contributed by atoms with Crippen LogP contribution >= 0.6 is 0 Å². The Balaban J connectivity index is 1.77. The van der Waals surface area contributed by atoms with Gasteiger partial charge in [0, 0.05) is 19.3 Å². The molecule has 2 heterocycles. The molecule has 0 radical (unpaired) electrons. The molecule has 142 valence electrons. The number of hydrogen-bond donors (Lipinski definition) is 1. The molecular formula is C21H25N3O3. The second kappa shape index (κ2) is 8.66. The quantitative estimate of drug-likeness (QED) is 0.815. The Morgan fingerprint density at radius 2 is 2.11 bits per heavy atom. The average Bonchev–Trinajstić information content (AvgIpc) is 2.68. The Kier molecular flexibility index (Phi) is 6.06. The van der Waals surface area contributed by atoms with Crippen LogP contribution < -0.4 is 10.2 Å². The van der Waals surface area contributed by atoms with E-state index in [9.17, 15) is 9.59 Å². The van der Waals surface area contributed by atoms with E-state index < -0.39 is 5.97 Å². The Morgan fingerprint density at radius 3 is 2.89 bits per heavy atom. The van der Waals surface area contributed by atoms with Crippen LogP contribution in [-0.2, 0) is 4.74 Å². The molecule has 1 fully saturated rings. The van der Waals surface area contributed by atoms with E-state index in [1.807, 2.05) is 6.07 Å². The van der Waals surface area contributed by atoms with Crippen molar-refractivity contribution in [2.75, 3.05) is 29.9 Å². The number of rotatable bonds is 5. The highest BCUT2D eigenvalue weighted by atomic mass is 16.5. The summed E-state index contributed by atoms with van der Waals surface area (Å²) < 4.78 is 5.06. The van der Waals surface area contributed by atoms with Crippen molar-refractivity contribution in [3.05, 3.63) is 53.9 Å². The van der Waals surface area contributed by atoms with Gasteiger partial charge in [0.1, 0.15) is 0 Å². The van der Waals surface area contributed by atoms with Gasteiger partial charge in [0.15, 0.2) is 0 Å². The Morgan fingerprint density at radius 1 is 1.30 bits per heavy atom. The molecule has 1 atom stereocenters. The number of para-hydroxylation sites is 1. The number of piperidine rings is 1. The fraction of sp³-hybridized carbons (Fsp3) is 0.381. The monoisotopic (exact) mass is 367 g/mol. The maximum absolute atomic E-state index is 12.7. The van der Waals surface area contributed by atoms with Crippen LogP contribution in [0.5, 0.6) is 0 Å². The normalized spacial score (nSPS) is 16.7. The summed E-state index contributed by atoms with van der Waals surface area (Å²) in [6, 6.07) is 8.68. The van der Waals surface area contributed by atoms with Gasteiger partial charge in [-0.05, 0) is 43.9 Å². The lowest BCUT2D eigenvalue weighted by molar-refractivity contribution is 0.0527. The molecule has 0 spiro atoms. The van der Waals surface area contributed by atoms with Gasteiger partial charge in [-0.2, -0.15) is 0 Å². The van der Waals surface area contributed by atoms with Crippen molar-refractivity contribution in [2.45, 2.75) is 26.7 Å². The number of carbonyl (C=O) groups is 2. The summed E-state index contributed by atoms with van der Waals surface area (Å²) in [7, 11) is 0. The Labute approximate surface area is 159 Å². The standard InChI is InChI=1S/C21H25N3O3/c1-3-27-21(26)18-8-4-5-9-19(18)23-20(25)16-11-17(13-22-12-16)24-10-6-7-15(2)14-24/h4-5,8-9,11-13,15H,3,6-7,10,14H2,1-2H3,(H,23,25). The maximum atomic E-state index is 12.7. The molecule has 3 rings (SSSR count). The van der Waals surface area contributed by atoms with Gasteiger partial charge in [-0.3, -0.25) is 9.78 Å². The molecule has 1 aliphatic heterocycles. The number of esters is 1. The van der Waals surface area contributed by atoms with Gasteiger partial charge in [0.25, 0.3) is 5.91 Å². The topological polar surface area (TPSA) is 71.5 Å². The highest BCUT2D eigenvalue weighted by Crippen LogP contribution is 2.24. The van der Waals surface area contributed by atoms with Gasteiger partial charge in [0.2, 0.25) is 0 Å². The molecule has 0 saturated carbocycles. The molecule has 6 heteroatoms. The number of anilines is 2. The first-order valence-electron chi connectivity index (χ1n) is 9.36. The molecule has 27 heavy (non-hydrogen) atoms. The van der Waals surface area contributed by atoms with Crippen molar-refractivity contribution in [3.63, 3.8) is 0 Å². The molecule has 1 amide bonds. The lowest BCUT2D eigenvalue weighted by atomic mass is 10.00. The molecule has 1 aromatic heterocycles. The van der Waals surface area contributed by atoms with Gasteiger partial charge in [-0.15, -0.1) is 0 Å². The highest BCUT2D eigenvalue weighted by Gasteiger charge is 2.19. The highest BCUT2D eigenvalue weighted by molar-refractivity contribution is 6.08. The minimum atomic E-state index is -0.456. The minimum absolute atomic E-state index is 0.279. The summed E-state index contributed by atoms with van der Waals surface area (Å²) in [4.78, 5) is 31.3. The molecule has 1 unspecified atom stereocenters. The summed E-state index contributed by atoms with van der Waals surface area (Å²) >= 11 is 0. The zero-order valence-corrected chi connectivity index (χ0v) is 15.8. The lowest BCUT2D eigenvalue weighted by Crippen LogP contribution is -2.34. The predicted octanol–water partition coefficient (Wildman–Crippen LogP) is 3.75. The number of ether oxygens (including phenoxy) is 1. The first kappa shape index (κ1) is 18.9. The zero-order valence-electron chi connectivity index (χ0n) is 15.8. The first-order chi connectivity index (χ1) is 13.1. The van der Waals surface area contributed by atoms with E-state index >= 15 is 0 Å². The number of nitrogens with zero attached hydrogens (tertiary/aromatic N) is 2. The number of amides is 1. The predicted molar refractivity (Wildman–Crippen MR) is 105 cm³/mol. The number of pyridine rings is 1. The Bertz CT molecular complexity index is 822. The smallest absolute Gasteiger partial charge is 0.340 e. The summed E-state index contributed by atoms with van der Waals surface area (Å²) in [5.74, 6) is -0.124. The molecule has 1 aliphatic rings. The van der Waals surface area contributed by atoms with E-state index in [1.165, 1.54) is 6.42 Å². The largest absolute Gasteiger partial charge is 0.462 e. The third-order valence-electron chi connectivity index (χ3n) is 4.68. The van der Waals surface area contributed by atoms with E-state index in [0.29, 0.717) is 22.7 Å². The molecule has 6 nitrogen and oxygen atoms in total. The summed E-state index contributed by atoms with van der Waals surface area (Å²) in [6.07, 6.45) is 5.71. The zero-order chi connectivity index (χ0) is 19.2. The molecule has 0 bridgehead atoms. The second-order valence-corrected chi connectivity index (χ2v) is 6.85. The van der Waals surface area contributed by atoms with Crippen molar-refractivity contribution in [2.24, 2.45) is 5.92 Å². The van der Waals surface area contributed by atoms with Crippen LogP contribution in [0.3, 0.4) is 0 Å². The number of hydrogen-bond acceptors (Lipinski definition) is 5. The fourth-order valence-corrected chi connectivity index (χ4v) is 3.32. The van der Waals surface area contributed by atoms with E-state index in [-0.39, 0.29) is 12.5 Å². The molecule has 2 aromatic rings. The first-order valence-corrected chi connectivity index (χ1v) is 9.36. The fourth-order valence-electron chi connectivity index (χ4n) is 3.32. The van der Waals surface area contributed by atoms with Gasteiger partial charge in [-0.1, -0.05) is 19.1 Å². The number of aromatic nitrogens is 1. The number of benzene rings is 1. The van der Waals surface area contributed by atoms with Crippen LogP contribution in [0.4, 0.5) is 11.4 Å². The van der Waals surface area contributed by atoms with Crippen molar-refractivity contribution in [3.8, 4) is 0 Å². The number of carbonyl (C=O) groups excluding carboxylic acids is 2. The van der Waals surface area contributed by atoms with Crippen molar-refractivity contribution in [1.82, 2.24) is 4.98 Å². The van der Waals surface area contributed by atoms with Gasteiger partial charge in [0.05, 0.1) is 35.3 Å². The molecule has 1 saturated heterocycles. The van der Waals surface area contributed by atoms with Gasteiger partial charge in [-0.25, -0.2) is 4.79 Å². The van der Waals surface area contributed by atoms with Gasteiger partial charge >= 0.3 is 5.97 Å². The van der Waals surface area contributed by atoms with Crippen LogP contribution in [0.2, 0.25) is 0 Å². The van der Waals surface area contributed by atoms with Crippen LogP contribution in [0, 0.1) is 5.92 Å². The Hall–Kier alpha value is -2.89. The van der Waals surface area contributed by atoms with Crippen molar-refractivity contribution >= 4 is 23.3 Å². The second-order valence-electron chi connectivity index (χ2n) is 6.85. The summed E-state index contributed by atoms with van der Waals surface area (Å²) in [5, 5.41) is 2.81. The SMILES string of the molecule is CCOC(=O)c1ccccc1NC(=O)c1cncc(N2CCCC(C)C2)c1. The third-order valence-corrected chi connectivity index (χ3v) is 4.68. The summed E-state index contributed by atoms with van der Waals surface area (Å²) in [5.41, 5.74) is 2.18. The van der Waals surface area contributed by atoms with Crippen LogP contribution in [0.15, 0.2) is 42.7 Å². The molecular weight excluding hydrogens is 342 g/mol. The molecule has 0 aliphatic carbocycles. The van der Waals surface area contributed by atoms with Crippen molar-refractivity contribution < 1.29 is 14.3 Å². The minimum Gasteiger partial charge on any atom is -0.462 e. The van der Waals surface area contributed by atoms with Crippen LogP contribution in [-0.4, -0.2) is 36.6 Å². The molecule has 1 N–H and O–H groups in total. The summed E-state index contributed by atoms with van der Waals surface area (Å²) in [6.45, 7) is 6.21.